The fraction of sp³-hybridized carbons (Fsp3) is 0.480. The van der Waals surface area contributed by atoms with E-state index in [2.05, 4.69) is 31.2 Å². The first-order valence-electron chi connectivity index (χ1n) is 10.7. The first kappa shape index (κ1) is 27.8. The van der Waals surface area contributed by atoms with Gasteiger partial charge in [-0.05, 0) is 38.5 Å². The number of carbonyl (C=O) groups is 1. The van der Waals surface area contributed by atoms with Crippen molar-refractivity contribution in [3.63, 3.8) is 0 Å². The van der Waals surface area contributed by atoms with E-state index in [4.69, 9.17) is 14.9 Å². The minimum Gasteiger partial charge on any atom is -0.457 e. The van der Waals surface area contributed by atoms with Crippen molar-refractivity contribution in [2.45, 2.75) is 64.1 Å². The number of ether oxygens (including phenoxy) is 1. The molecule has 0 amide bonds. The van der Waals surface area contributed by atoms with Gasteiger partial charge in [-0.2, -0.15) is 0 Å². The van der Waals surface area contributed by atoms with Crippen LogP contribution in [0.5, 0.6) is 0 Å². The summed E-state index contributed by atoms with van der Waals surface area (Å²) >= 11 is 0. The molecule has 30 heavy (non-hydrogen) atoms. The van der Waals surface area contributed by atoms with Gasteiger partial charge in [0.05, 0.1) is 19.3 Å². The summed E-state index contributed by atoms with van der Waals surface area (Å²) in [4.78, 5) is 11.4. The largest absolute Gasteiger partial charge is 0.457 e. The van der Waals surface area contributed by atoms with E-state index in [1.807, 2.05) is 42.5 Å². The van der Waals surface area contributed by atoms with Crippen molar-refractivity contribution in [2.75, 3.05) is 13.2 Å². The number of carbonyl (C=O) groups excluding carboxylic acids is 1. The minimum absolute atomic E-state index is 0.226. The van der Waals surface area contributed by atoms with Crippen LogP contribution in [-0.4, -0.2) is 46.7 Å². The highest BCUT2D eigenvalue weighted by atomic mass is 16.6. The highest BCUT2D eigenvalue weighted by Crippen LogP contribution is 2.01. The zero-order valence-electron chi connectivity index (χ0n) is 18.1. The molecule has 0 aromatic carbocycles. The van der Waals surface area contributed by atoms with E-state index in [9.17, 15) is 9.90 Å². The molecular weight excluding hydrogens is 380 g/mol. The van der Waals surface area contributed by atoms with Crippen LogP contribution in [-0.2, 0) is 9.53 Å². The van der Waals surface area contributed by atoms with Crippen LogP contribution < -0.4 is 0 Å². The molecule has 0 spiro atoms. The fourth-order valence-electron chi connectivity index (χ4n) is 2.24. The number of allylic oxidation sites excluding steroid dienone is 10. The van der Waals surface area contributed by atoms with Crippen LogP contribution in [0, 0.1) is 0 Å². The average Bonchev–Trinajstić information content (AvgIpc) is 2.75. The van der Waals surface area contributed by atoms with Gasteiger partial charge in [0.15, 0.2) is 0 Å². The molecule has 0 saturated heterocycles. The standard InChI is InChI=1S/C25H38O5/c1-2-3-4-5-12-15-18-23(28)19-16-13-10-8-6-7-9-11-14-17-20-25(29)30-24(21-26)22-27/h3-4,6-7,10-16,19,23-24,26-28H,2,5,8-9,17-18,20-22H2,1H3/b4-3-,7-6-,13-10-,14-11-,15-12-,19-16+. The Morgan fingerprint density at radius 2 is 1.43 bits per heavy atom. The van der Waals surface area contributed by atoms with Crippen molar-refractivity contribution in [2.24, 2.45) is 0 Å². The van der Waals surface area contributed by atoms with Crippen molar-refractivity contribution >= 4 is 5.97 Å². The molecule has 0 rings (SSSR count). The van der Waals surface area contributed by atoms with Crippen LogP contribution in [0.25, 0.3) is 0 Å². The van der Waals surface area contributed by atoms with Gasteiger partial charge < -0.3 is 20.1 Å². The maximum absolute atomic E-state index is 11.4. The smallest absolute Gasteiger partial charge is 0.306 e. The molecule has 0 heterocycles. The minimum atomic E-state index is -0.828. The Balaban J connectivity index is 3.78. The van der Waals surface area contributed by atoms with Gasteiger partial charge in [-0.25, -0.2) is 0 Å². The van der Waals surface area contributed by atoms with E-state index in [1.165, 1.54) is 0 Å². The van der Waals surface area contributed by atoms with Crippen LogP contribution in [0.2, 0.25) is 0 Å². The summed E-state index contributed by atoms with van der Waals surface area (Å²) in [5, 5.41) is 27.5. The molecule has 0 bridgehead atoms. The molecule has 168 valence electrons. The summed E-state index contributed by atoms with van der Waals surface area (Å²) in [6.07, 6.45) is 27.6. The van der Waals surface area contributed by atoms with Gasteiger partial charge in [0.25, 0.3) is 0 Å². The van der Waals surface area contributed by atoms with Crippen LogP contribution in [0.1, 0.15) is 51.9 Å². The Kier molecular flexibility index (Phi) is 19.9. The molecule has 0 aliphatic heterocycles. The molecule has 0 aliphatic carbocycles. The second-order valence-corrected chi connectivity index (χ2v) is 6.63. The second-order valence-electron chi connectivity index (χ2n) is 6.63. The molecule has 5 heteroatoms. The third kappa shape index (κ3) is 19.1. The second kappa shape index (κ2) is 21.5. The van der Waals surface area contributed by atoms with Gasteiger partial charge in [-0.1, -0.05) is 79.8 Å². The van der Waals surface area contributed by atoms with Crippen molar-refractivity contribution in [3.05, 3.63) is 72.9 Å². The zero-order chi connectivity index (χ0) is 22.3. The maximum atomic E-state index is 11.4. The molecule has 0 aromatic rings. The van der Waals surface area contributed by atoms with E-state index < -0.39 is 18.2 Å². The van der Waals surface area contributed by atoms with E-state index in [0.29, 0.717) is 12.8 Å². The number of esters is 1. The van der Waals surface area contributed by atoms with E-state index in [0.717, 1.165) is 25.7 Å². The molecule has 0 saturated carbocycles. The first-order chi connectivity index (χ1) is 14.6. The molecule has 3 N–H and O–H groups in total. The lowest BCUT2D eigenvalue weighted by Crippen LogP contribution is -2.25. The zero-order valence-corrected chi connectivity index (χ0v) is 18.1. The first-order valence-corrected chi connectivity index (χ1v) is 10.7. The Hall–Kier alpha value is -2.21. The predicted octanol–water partition coefficient (Wildman–Crippen LogP) is 4.33. The molecule has 0 aromatic heterocycles. The lowest BCUT2D eigenvalue weighted by Gasteiger charge is -2.11. The van der Waals surface area contributed by atoms with Crippen molar-refractivity contribution in [3.8, 4) is 0 Å². The number of aliphatic hydroxyl groups is 3. The van der Waals surface area contributed by atoms with Crippen LogP contribution in [0.4, 0.5) is 0 Å². The van der Waals surface area contributed by atoms with E-state index in [-0.39, 0.29) is 19.6 Å². The monoisotopic (exact) mass is 418 g/mol. The summed E-state index contributed by atoms with van der Waals surface area (Å²) in [5.74, 6) is -0.424. The number of hydrogen-bond donors (Lipinski definition) is 3. The topological polar surface area (TPSA) is 87.0 Å². The van der Waals surface area contributed by atoms with Crippen molar-refractivity contribution in [1.29, 1.82) is 0 Å². The molecule has 1 atom stereocenters. The Morgan fingerprint density at radius 3 is 2.10 bits per heavy atom. The summed E-state index contributed by atoms with van der Waals surface area (Å²) in [7, 11) is 0. The van der Waals surface area contributed by atoms with E-state index >= 15 is 0 Å². The third-order valence-corrected chi connectivity index (χ3v) is 3.90. The van der Waals surface area contributed by atoms with Crippen molar-refractivity contribution < 1.29 is 24.9 Å². The summed E-state index contributed by atoms with van der Waals surface area (Å²) in [5.41, 5.74) is 0. The Labute approximate surface area is 181 Å². The van der Waals surface area contributed by atoms with Gasteiger partial charge in [0.2, 0.25) is 0 Å². The molecule has 1 unspecified atom stereocenters. The third-order valence-electron chi connectivity index (χ3n) is 3.90. The highest BCUT2D eigenvalue weighted by molar-refractivity contribution is 5.69. The molecule has 5 nitrogen and oxygen atoms in total. The summed E-state index contributed by atoms with van der Waals surface area (Å²) in [6, 6.07) is 0. The number of hydrogen-bond acceptors (Lipinski definition) is 5. The SMILES string of the molecule is CC/C=C\C/C=C\CC(O)/C=C/C=C\C/C=C\C/C=C\CCC(=O)OC(CO)CO. The van der Waals surface area contributed by atoms with Gasteiger partial charge in [-0.3, -0.25) is 4.79 Å². The lowest BCUT2D eigenvalue weighted by molar-refractivity contribution is -0.153. The Morgan fingerprint density at radius 1 is 0.833 bits per heavy atom. The summed E-state index contributed by atoms with van der Waals surface area (Å²) < 4.78 is 4.87. The fourth-order valence-corrected chi connectivity index (χ4v) is 2.24. The van der Waals surface area contributed by atoms with Crippen molar-refractivity contribution in [1.82, 2.24) is 0 Å². The normalized spacial score (nSPS) is 14.0. The number of aliphatic hydroxyl groups excluding tert-OH is 3. The molecule has 0 fully saturated rings. The van der Waals surface area contributed by atoms with Gasteiger partial charge in [-0.15, -0.1) is 0 Å². The molecular formula is C25H38O5. The average molecular weight is 419 g/mol. The van der Waals surface area contributed by atoms with Gasteiger partial charge in [0.1, 0.15) is 6.10 Å². The number of rotatable bonds is 17. The van der Waals surface area contributed by atoms with Crippen LogP contribution >= 0.6 is 0 Å². The summed E-state index contributed by atoms with van der Waals surface area (Å²) in [6.45, 7) is 1.36. The van der Waals surface area contributed by atoms with E-state index in [1.54, 1.807) is 6.08 Å². The Bertz CT molecular complexity index is 580. The molecule has 0 aliphatic rings. The lowest BCUT2D eigenvalue weighted by atomic mass is 10.2. The maximum Gasteiger partial charge on any atom is 0.306 e. The molecule has 0 radical (unpaired) electrons. The highest BCUT2D eigenvalue weighted by Gasteiger charge is 2.10. The predicted molar refractivity (Wildman–Crippen MR) is 123 cm³/mol. The van der Waals surface area contributed by atoms with Gasteiger partial charge in [0, 0.05) is 6.42 Å². The van der Waals surface area contributed by atoms with Gasteiger partial charge >= 0.3 is 5.97 Å². The van der Waals surface area contributed by atoms with Crippen LogP contribution in [0.3, 0.4) is 0 Å². The quantitative estimate of drug-likeness (QED) is 0.186. The van der Waals surface area contributed by atoms with Crippen LogP contribution in [0.15, 0.2) is 72.9 Å².